The molecule has 5 rings (SSSR count). The highest BCUT2D eigenvalue weighted by Crippen LogP contribution is 2.39. The number of rotatable bonds is 6. The van der Waals surface area contributed by atoms with E-state index in [1.807, 2.05) is 79.9 Å². The van der Waals surface area contributed by atoms with Gasteiger partial charge in [0.15, 0.2) is 0 Å². The maximum absolute atomic E-state index is 13.5. The van der Waals surface area contributed by atoms with Crippen molar-refractivity contribution < 1.29 is 4.79 Å². The van der Waals surface area contributed by atoms with Crippen LogP contribution in [0, 0.1) is 6.92 Å². The highest BCUT2D eigenvalue weighted by atomic mass is 35.5. The highest BCUT2D eigenvalue weighted by Gasteiger charge is 2.35. The van der Waals surface area contributed by atoms with E-state index in [9.17, 15) is 4.79 Å². The molecule has 2 aromatic heterocycles. The number of aromatic nitrogens is 3. The lowest BCUT2D eigenvalue weighted by atomic mass is 10.0. The number of fused-ring (bicyclic) bond motifs is 1. The Labute approximate surface area is 211 Å². The van der Waals surface area contributed by atoms with E-state index in [-0.39, 0.29) is 11.9 Å². The number of para-hydroxylation sites is 1. The number of halogens is 1. The van der Waals surface area contributed by atoms with Crippen molar-refractivity contribution >= 4 is 52.2 Å². The predicted octanol–water partition coefficient (Wildman–Crippen LogP) is 6.52. The number of thioether (sulfide) groups is 1. The molecule has 1 amide bonds. The minimum absolute atomic E-state index is 0.163. The fourth-order valence-corrected chi connectivity index (χ4v) is 5.79. The van der Waals surface area contributed by atoms with Gasteiger partial charge < -0.3 is 10.6 Å². The van der Waals surface area contributed by atoms with Crippen LogP contribution in [0.4, 0.5) is 11.6 Å². The van der Waals surface area contributed by atoms with Crippen molar-refractivity contribution in [3.05, 3.63) is 98.3 Å². The van der Waals surface area contributed by atoms with Gasteiger partial charge in [-0.25, -0.2) is 4.68 Å². The largest absolute Gasteiger partial charge is 0.328 e. The number of benzene rings is 2. The third-order valence-corrected chi connectivity index (χ3v) is 7.78. The molecule has 6 nitrogen and oxygen atoms in total. The summed E-state index contributed by atoms with van der Waals surface area (Å²) in [6.45, 7) is 3.88. The van der Waals surface area contributed by atoms with Gasteiger partial charge in [0.05, 0.1) is 5.57 Å². The Balaban J connectivity index is 1.46. The van der Waals surface area contributed by atoms with E-state index in [2.05, 4.69) is 10.6 Å². The molecule has 2 aromatic carbocycles. The van der Waals surface area contributed by atoms with Crippen LogP contribution >= 0.6 is 34.7 Å². The highest BCUT2D eigenvalue weighted by molar-refractivity contribution is 7.98. The van der Waals surface area contributed by atoms with Crippen LogP contribution in [0.25, 0.3) is 0 Å². The molecule has 1 unspecified atom stereocenters. The van der Waals surface area contributed by atoms with E-state index >= 15 is 0 Å². The lowest BCUT2D eigenvalue weighted by Crippen LogP contribution is -2.31. The summed E-state index contributed by atoms with van der Waals surface area (Å²) in [6.07, 6.45) is 0. The van der Waals surface area contributed by atoms with Gasteiger partial charge in [-0.2, -0.15) is 4.98 Å². The second-order valence-corrected chi connectivity index (χ2v) is 10.2. The van der Waals surface area contributed by atoms with Gasteiger partial charge in [-0.3, -0.25) is 4.79 Å². The van der Waals surface area contributed by atoms with Crippen molar-refractivity contribution in [2.45, 2.75) is 30.8 Å². The molecule has 9 heteroatoms. The van der Waals surface area contributed by atoms with Crippen LogP contribution in [-0.2, 0) is 10.5 Å². The number of aryl methyl sites for hydroxylation is 1. The maximum atomic E-state index is 13.5. The molecule has 0 saturated heterocycles. The smallest absolute Gasteiger partial charge is 0.255 e. The van der Waals surface area contributed by atoms with Crippen molar-refractivity contribution in [2.24, 2.45) is 0 Å². The van der Waals surface area contributed by atoms with E-state index < -0.39 is 0 Å². The summed E-state index contributed by atoms with van der Waals surface area (Å²) in [5, 5.41) is 14.5. The summed E-state index contributed by atoms with van der Waals surface area (Å²) in [7, 11) is 0. The summed E-state index contributed by atoms with van der Waals surface area (Å²) in [6, 6.07) is 19.1. The molecule has 172 valence electrons. The van der Waals surface area contributed by atoms with Gasteiger partial charge in [-0.15, -0.1) is 16.4 Å². The van der Waals surface area contributed by atoms with Crippen molar-refractivity contribution in [3.8, 4) is 0 Å². The number of carbonyl (C=O) groups is 1. The molecule has 0 radical (unpaired) electrons. The van der Waals surface area contributed by atoms with Crippen molar-refractivity contribution in [1.82, 2.24) is 14.8 Å². The van der Waals surface area contributed by atoms with Crippen LogP contribution in [0.15, 0.2) is 82.5 Å². The normalized spacial score (nSPS) is 15.1. The van der Waals surface area contributed by atoms with Gasteiger partial charge in [-0.05, 0) is 48.6 Å². The lowest BCUT2D eigenvalue weighted by Gasteiger charge is -2.27. The summed E-state index contributed by atoms with van der Waals surface area (Å²) < 4.78 is 1.81. The first-order valence-corrected chi connectivity index (χ1v) is 13.0. The molecular weight excluding hydrogens is 486 g/mol. The minimum Gasteiger partial charge on any atom is -0.328 e. The lowest BCUT2D eigenvalue weighted by molar-refractivity contribution is -0.113. The van der Waals surface area contributed by atoms with Gasteiger partial charge in [0.25, 0.3) is 5.91 Å². The average molecular weight is 508 g/mol. The second-order valence-electron chi connectivity index (χ2n) is 7.89. The van der Waals surface area contributed by atoms with Crippen LogP contribution < -0.4 is 10.6 Å². The van der Waals surface area contributed by atoms with Crippen LogP contribution in [0.2, 0.25) is 5.02 Å². The zero-order valence-electron chi connectivity index (χ0n) is 18.6. The van der Waals surface area contributed by atoms with E-state index in [4.69, 9.17) is 21.7 Å². The molecule has 0 bridgehead atoms. The fraction of sp³-hybridized carbons (Fsp3) is 0.160. The average Bonchev–Trinajstić information content (AvgIpc) is 3.49. The fourth-order valence-electron chi connectivity index (χ4n) is 3.86. The zero-order chi connectivity index (χ0) is 23.7. The zero-order valence-corrected chi connectivity index (χ0v) is 21.0. The van der Waals surface area contributed by atoms with Gasteiger partial charge in [0.1, 0.15) is 6.04 Å². The number of carbonyl (C=O) groups excluding carboxylic acids is 1. The van der Waals surface area contributed by atoms with Crippen molar-refractivity contribution in [2.75, 3.05) is 10.6 Å². The number of thiophene rings is 1. The van der Waals surface area contributed by atoms with Crippen molar-refractivity contribution in [3.63, 3.8) is 0 Å². The van der Waals surface area contributed by atoms with Gasteiger partial charge >= 0.3 is 0 Å². The first-order valence-electron chi connectivity index (χ1n) is 10.7. The Morgan fingerprint density at radius 3 is 2.71 bits per heavy atom. The standard InChI is InChI=1S/C25H22ClN5OS2/c1-15-8-3-6-11-19(15)28-23(32)21-16(2)27-24-29-25(34-14-17-9-4-5-10-18(17)26)30-31(24)22(21)20-12-7-13-33-20/h3-13,22H,14H2,1-2H3,(H,28,32)(H,27,29,30). The van der Waals surface area contributed by atoms with E-state index in [1.165, 1.54) is 11.8 Å². The SMILES string of the molecule is CC1=C(C(=O)Nc2ccccc2C)C(c2cccs2)n2nc(SCc3ccccc3Cl)nc2N1. The van der Waals surface area contributed by atoms with Crippen LogP contribution in [0.3, 0.4) is 0 Å². The number of anilines is 2. The molecule has 4 aromatic rings. The Hall–Kier alpha value is -3.07. The molecule has 3 heterocycles. The molecule has 0 saturated carbocycles. The third kappa shape index (κ3) is 4.49. The summed E-state index contributed by atoms with van der Waals surface area (Å²) in [5.41, 5.74) is 4.19. The first kappa shape index (κ1) is 22.7. The van der Waals surface area contributed by atoms with Crippen LogP contribution in [-0.4, -0.2) is 20.7 Å². The minimum atomic E-state index is -0.373. The Morgan fingerprint density at radius 2 is 1.94 bits per heavy atom. The van der Waals surface area contributed by atoms with Gasteiger partial charge in [0.2, 0.25) is 11.1 Å². The summed E-state index contributed by atoms with van der Waals surface area (Å²) in [5.74, 6) is 1.11. The molecule has 0 fully saturated rings. The second kappa shape index (κ2) is 9.66. The van der Waals surface area contributed by atoms with E-state index in [0.29, 0.717) is 22.4 Å². The Bertz CT molecular complexity index is 1380. The molecule has 0 aliphatic carbocycles. The molecule has 34 heavy (non-hydrogen) atoms. The first-order chi connectivity index (χ1) is 16.5. The molecule has 1 atom stereocenters. The van der Waals surface area contributed by atoms with Crippen LogP contribution in [0.5, 0.6) is 0 Å². The third-order valence-electron chi connectivity index (χ3n) is 5.60. The van der Waals surface area contributed by atoms with E-state index in [1.54, 1.807) is 16.0 Å². The van der Waals surface area contributed by atoms with Gasteiger partial charge in [-0.1, -0.05) is 65.8 Å². The quantitative estimate of drug-likeness (QED) is 0.291. The predicted molar refractivity (Wildman–Crippen MR) is 140 cm³/mol. The Kier molecular flexibility index (Phi) is 6.45. The van der Waals surface area contributed by atoms with Gasteiger partial charge in [0, 0.05) is 27.0 Å². The van der Waals surface area contributed by atoms with Crippen molar-refractivity contribution in [1.29, 1.82) is 0 Å². The number of nitrogens with one attached hydrogen (secondary N) is 2. The van der Waals surface area contributed by atoms with Crippen LogP contribution in [0.1, 0.15) is 29.0 Å². The topological polar surface area (TPSA) is 71.8 Å². The van der Waals surface area contributed by atoms with E-state index in [0.717, 1.165) is 32.4 Å². The Morgan fingerprint density at radius 1 is 1.15 bits per heavy atom. The summed E-state index contributed by atoms with van der Waals surface area (Å²) in [4.78, 5) is 19.2. The molecule has 0 spiro atoms. The monoisotopic (exact) mass is 507 g/mol. The number of amides is 1. The maximum Gasteiger partial charge on any atom is 0.255 e. The number of nitrogens with zero attached hydrogens (tertiary/aromatic N) is 3. The molecule has 2 N–H and O–H groups in total. The molecular formula is C25H22ClN5OS2. The molecule has 1 aliphatic heterocycles. The number of allylic oxidation sites excluding steroid dienone is 1. The molecule has 1 aliphatic rings. The number of hydrogen-bond acceptors (Lipinski definition) is 6. The summed E-state index contributed by atoms with van der Waals surface area (Å²) >= 11 is 9.42. The number of hydrogen-bond donors (Lipinski definition) is 2.